The monoisotopic (exact) mass is 374 g/mol. The summed E-state index contributed by atoms with van der Waals surface area (Å²) in [7, 11) is 1.60. The lowest BCUT2D eigenvalue weighted by molar-refractivity contribution is -0.121. The molecule has 0 aromatic heterocycles. The third kappa shape index (κ3) is 3.69. The van der Waals surface area contributed by atoms with Crippen molar-refractivity contribution in [2.24, 2.45) is 0 Å². The van der Waals surface area contributed by atoms with Gasteiger partial charge in [0.05, 0.1) is 19.6 Å². The fourth-order valence-electron chi connectivity index (χ4n) is 3.73. The summed E-state index contributed by atoms with van der Waals surface area (Å²) < 4.78 is 5.23. The fourth-order valence-corrected chi connectivity index (χ4v) is 3.73. The van der Waals surface area contributed by atoms with Gasteiger partial charge in [0.15, 0.2) is 0 Å². The summed E-state index contributed by atoms with van der Waals surface area (Å²) in [6.07, 6.45) is 0.601. The first-order chi connectivity index (χ1) is 13.6. The largest absolute Gasteiger partial charge is 0.497 e. The summed E-state index contributed by atoms with van der Waals surface area (Å²) in [5, 5.41) is 5.22. The highest BCUT2D eigenvalue weighted by Crippen LogP contribution is 2.25. The van der Waals surface area contributed by atoms with E-state index in [0.29, 0.717) is 25.1 Å². The number of methoxy groups -OCH3 is 1. The van der Waals surface area contributed by atoms with E-state index >= 15 is 0 Å². The van der Waals surface area contributed by atoms with Gasteiger partial charge in [-0.1, -0.05) is 48.5 Å². The van der Waals surface area contributed by atoms with Gasteiger partial charge in [0, 0.05) is 24.7 Å². The number of rotatable bonds is 5. The maximum atomic E-state index is 12.6. The van der Waals surface area contributed by atoms with Crippen molar-refractivity contribution >= 4 is 28.3 Å². The van der Waals surface area contributed by atoms with E-state index < -0.39 is 0 Å². The van der Waals surface area contributed by atoms with Crippen LogP contribution in [0.25, 0.3) is 10.8 Å². The number of nitrogens with zero attached hydrogens (tertiary/aromatic N) is 1. The number of anilines is 1. The van der Waals surface area contributed by atoms with Crippen LogP contribution in [0.2, 0.25) is 0 Å². The van der Waals surface area contributed by atoms with E-state index in [9.17, 15) is 9.59 Å². The second-order valence-corrected chi connectivity index (χ2v) is 6.99. The molecule has 0 saturated carbocycles. The highest BCUT2D eigenvalue weighted by molar-refractivity contribution is 5.97. The Morgan fingerprint density at radius 1 is 1.11 bits per heavy atom. The molecule has 0 spiro atoms. The van der Waals surface area contributed by atoms with Gasteiger partial charge in [-0.25, -0.2) is 0 Å². The zero-order chi connectivity index (χ0) is 19.5. The molecule has 1 atom stereocenters. The molecule has 1 aliphatic rings. The fraction of sp³-hybridized carbons (Fsp3) is 0.217. The number of amides is 2. The summed E-state index contributed by atoms with van der Waals surface area (Å²) in [4.78, 5) is 26.7. The first-order valence-electron chi connectivity index (χ1n) is 9.34. The van der Waals surface area contributed by atoms with Gasteiger partial charge >= 0.3 is 0 Å². The summed E-state index contributed by atoms with van der Waals surface area (Å²) in [6.45, 7) is 0.466. The molecule has 5 nitrogen and oxygen atoms in total. The highest BCUT2D eigenvalue weighted by Gasteiger charge is 2.31. The Bertz CT molecular complexity index is 1030. The van der Waals surface area contributed by atoms with Crippen LogP contribution in [0.15, 0.2) is 66.7 Å². The van der Waals surface area contributed by atoms with Crippen LogP contribution in [0.4, 0.5) is 5.69 Å². The van der Waals surface area contributed by atoms with Crippen molar-refractivity contribution in [1.29, 1.82) is 0 Å². The van der Waals surface area contributed by atoms with E-state index in [-0.39, 0.29) is 17.9 Å². The zero-order valence-corrected chi connectivity index (χ0v) is 15.7. The number of fused-ring (bicyclic) bond motifs is 1. The predicted octanol–water partition coefficient (Wildman–Crippen LogP) is 3.31. The number of carbonyl (C=O) groups is 2. The summed E-state index contributed by atoms with van der Waals surface area (Å²) in [5.74, 6) is 0.638. The number of benzene rings is 3. The molecule has 0 bridgehead atoms. The van der Waals surface area contributed by atoms with Gasteiger partial charge in [0.2, 0.25) is 11.8 Å². The van der Waals surface area contributed by atoms with E-state index in [1.807, 2.05) is 66.7 Å². The molecule has 1 N–H and O–H groups in total. The topological polar surface area (TPSA) is 58.6 Å². The Hall–Kier alpha value is -3.34. The molecule has 3 aromatic rings. The van der Waals surface area contributed by atoms with Gasteiger partial charge in [0.25, 0.3) is 0 Å². The highest BCUT2D eigenvalue weighted by atomic mass is 16.5. The molecular weight excluding hydrogens is 352 g/mol. The molecule has 0 aliphatic carbocycles. The zero-order valence-electron chi connectivity index (χ0n) is 15.7. The second kappa shape index (κ2) is 7.72. The van der Waals surface area contributed by atoms with Crippen molar-refractivity contribution in [3.05, 3.63) is 72.3 Å². The quantitative estimate of drug-likeness (QED) is 0.745. The molecular formula is C23H22N2O3. The molecule has 4 rings (SSSR count). The minimum Gasteiger partial charge on any atom is -0.497 e. The summed E-state index contributed by atoms with van der Waals surface area (Å²) in [5.41, 5.74) is 1.78. The molecule has 142 valence electrons. The Labute approximate surface area is 163 Å². The molecule has 1 heterocycles. The van der Waals surface area contributed by atoms with Crippen LogP contribution >= 0.6 is 0 Å². The first kappa shape index (κ1) is 18.0. The van der Waals surface area contributed by atoms with Crippen LogP contribution in [0, 0.1) is 0 Å². The van der Waals surface area contributed by atoms with Gasteiger partial charge in [-0.2, -0.15) is 0 Å². The van der Waals surface area contributed by atoms with Gasteiger partial charge in [-0.05, 0) is 28.5 Å². The molecule has 1 saturated heterocycles. The van der Waals surface area contributed by atoms with E-state index in [0.717, 1.165) is 22.0 Å². The van der Waals surface area contributed by atoms with Crippen molar-refractivity contribution in [2.45, 2.75) is 18.9 Å². The van der Waals surface area contributed by atoms with E-state index in [4.69, 9.17) is 4.74 Å². The average molecular weight is 374 g/mol. The van der Waals surface area contributed by atoms with Crippen molar-refractivity contribution in [3.63, 3.8) is 0 Å². The van der Waals surface area contributed by atoms with Gasteiger partial charge < -0.3 is 15.0 Å². The third-order valence-corrected chi connectivity index (χ3v) is 5.09. The number of ether oxygens (including phenoxy) is 1. The van der Waals surface area contributed by atoms with E-state index in [2.05, 4.69) is 5.32 Å². The van der Waals surface area contributed by atoms with Crippen molar-refractivity contribution in [1.82, 2.24) is 5.32 Å². The van der Waals surface area contributed by atoms with Crippen molar-refractivity contribution < 1.29 is 14.3 Å². The summed E-state index contributed by atoms with van der Waals surface area (Å²) >= 11 is 0. The van der Waals surface area contributed by atoms with Crippen LogP contribution in [-0.2, 0) is 16.0 Å². The predicted molar refractivity (Wildman–Crippen MR) is 110 cm³/mol. The lowest BCUT2D eigenvalue weighted by atomic mass is 10.0. The number of hydrogen-bond acceptors (Lipinski definition) is 3. The SMILES string of the molecule is COc1cccc(N2CC(NC(=O)Cc3cccc4ccccc34)CC2=O)c1. The molecule has 0 radical (unpaired) electrons. The van der Waals surface area contributed by atoms with Gasteiger partial charge in [0.1, 0.15) is 5.75 Å². The standard InChI is InChI=1S/C23H22N2O3/c1-28-20-10-5-9-19(14-20)25-15-18(13-23(25)27)24-22(26)12-17-8-4-7-16-6-2-3-11-21(16)17/h2-11,14,18H,12-13,15H2,1H3,(H,24,26). The molecule has 1 fully saturated rings. The second-order valence-electron chi connectivity index (χ2n) is 6.99. The Balaban J connectivity index is 1.43. The Morgan fingerprint density at radius 2 is 1.89 bits per heavy atom. The minimum atomic E-state index is -0.193. The van der Waals surface area contributed by atoms with Gasteiger partial charge in [-0.15, -0.1) is 0 Å². The number of carbonyl (C=O) groups excluding carboxylic acids is 2. The smallest absolute Gasteiger partial charge is 0.229 e. The number of hydrogen-bond donors (Lipinski definition) is 1. The minimum absolute atomic E-state index is 0.00344. The lowest BCUT2D eigenvalue weighted by Gasteiger charge is -2.18. The molecule has 1 unspecified atom stereocenters. The molecule has 3 aromatic carbocycles. The molecule has 5 heteroatoms. The Morgan fingerprint density at radius 3 is 2.75 bits per heavy atom. The van der Waals surface area contributed by atoms with Crippen molar-refractivity contribution in [2.75, 3.05) is 18.6 Å². The summed E-state index contributed by atoms with van der Waals surface area (Å²) in [6, 6.07) is 21.2. The van der Waals surface area contributed by atoms with Crippen LogP contribution in [0.3, 0.4) is 0 Å². The van der Waals surface area contributed by atoms with Gasteiger partial charge in [-0.3, -0.25) is 9.59 Å². The van der Waals surface area contributed by atoms with Crippen LogP contribution in [0.1, 0.15) is 12.0 Å². The maximum Gasteiger partial charge on any atom is 0.229 e. The average Bonchev–Trinajstić information content (AvgIpc) is 3.08. The lowest BCUT2D eigenvalue weighted by Crippen LogP contribution is -2.38. The van der Waals surface area contributed by atoms with Crippen LogP contribution in [-0.4, -0.2) is 31.5 Å². The maximum absolute atomic E-state index is 12.6. The van der Waals surface area contributed by atoms with E-state index in [1.165, 1.54) is 0 Å². The third-order valence-electron chi connectivity index (χ3n) is 5.09. The molecule has 2 amide bonds. The number of nitrogens with one attached hydrogen (secondary N) is 1. The first-order valence-corrected chi connectivity index (χ1v) is 9.34. The van der Waals surface area contributed by atoms with Crippen LogP contribution in [0.5, 0.6) is 5.75 Å². The van der Waals surface area contributed by atoms with E-state index in [1.54, 1.807) is 12.0 Å². The molecule has 28 heavy (non-hydrogen) atoms. The molecule has 1 aliphatic heterocycles. The van der Waals surface area contributed by atoms with Crippen molar-refractivity contribution in [3.8, 4) is 5.75 Å². The van der Waals surface area contributed by atoms with Crippen LogP contribution < -0.4 is 15.0 Å². The normalized spacial score (nSPS) is 16.4. The Kier molecular flexibility index (Phi) is 4.98.